The molecule has 0 bridgehead atoms. The van der Waals surface area contributed by atoms with Crippen LogP contribution in [0.4, 0.5) is 5.82 Å². The minimum atomic E-state index is -0.205. The average molecular weight is 381 g/mol. The molecule has 0 unspecified atom stereocenters. The van der Waals surface area contributed by atoms with Crippen LogP contribution in [0.1, 0.15) is 19.3 Å². The summed E-state index contributed by atoms with van der Waals surface area (Å²) in [6, 6.07) is 1.96. The quantitative estimate of drug-likeness (QED) is 0.747. The van der Waals surface area contributed by atoms with Crippen molar-refractivity contribution in [2.75, 3.05) is 23.7 Å². The maximum absolute atomic E-state index is 12.6. The molecule has 1 fully saturated rings. The van der Waals surface area contributed by atoms with Crippen LogP contribution in [0, 0.1) is 0 Å². The minimum Gasteiger partial charge on any atom is -0.346 e. The number of hydrogen-bond acceptors (Lipinski definition) is 6. The van der Waals surface area contributed by atoms with Crippen molar-refractivity contribution >= 4 is 46.9 Å². The first-order valence-electron chi connectivity index (χ1n) is 8.13. The standard InChI is InChI=1S/C16H20N6OS.ClH/c17-9-16(3-1-4-16)21-15(23)12-8-22(6-7-24-12)14-11-2-5-18-13(11)19-10-20-14;/h2,5,8,10H,1,3-4,6-7,9,17H2,(H,21,23)(H,18,19,20);1H. The largest absolute Gasteiger partial charge is 0.346 e. The van der Waals surface area contributed by atoms with Crippen molar-refractivity contribution in [2.24, 2.45) is 5.73 Å². The Hall–Kier alpha value is -1.77. The van der Waals surface area contributed by atoms with Gasteiger partial charge in [0.2, 0.25) is 0 Å². The number of rotatable bonds is 4. The van der Waals surface area contributed by atoms with Crippen LogP contribution in [0.2, 0.25) is 0 Å². The van der Waals surface area contributed by atoms with Crippen LogP contribution in [0.5, 0.6) is 0 Å². The van der Waals surface area contributed by atoms with Gasteiger partial charge in [0, 0.05) is 31.2 Å². The molecule has 1 aliphatic carbocycles. The second-order valence-corrected chi connectivity index (χ2v) is 7.40. The number of carbonyl (C=O) groups excluding carboxylic acids is 1. The monoisotopic (exact) mass is 380 g/mol. The number of carbonyl (C=O) groups is 1. The van der Waals surface area contributed by atoms with Crippen molar-refractivity contribution in [3.05, 3.63) is 29.7 Å². The van der Waals surface area contributed by atoms with E-state index in [1.165, 1.54) is 0 Å². The number of nitrogens with two attached hydrogens (primary N) is 1. The summed E-state index contributed by atoms with van der Waals surface area (Å²) >= 11 is 1.58. The molecule has 3 heterocycles. The number of halogens is 1. The molecule has 2 aliphatic rings. The number of anilines is 1. The highest BCUT2D eigenvalue weighted by atomic mass is 35.5. The SMILES string of the molecule is Cl.NCC1(NC(=O)C2=CN(c3ncnc4[nH]ccc34)CCS2)CCC1. The van der Waals surface area contributed by atoms with E-state index >= 15 is 0 Å². The summed E-state index contributed by atoms with van der Waals surface area (Å²) in [5, 5.41) is 4.09. The van der Waals surface area contributed by atoms with Gasteiger partial charge in [0.25, 0.3) is 5.91 Å². The Morgan fingerprint density at radius 1 is 1.44 bits per heavy atom. The first-order valence-corrected chi connectivity index (χ1v) is 9.11. The van der Waals surface area contributed by atoms with E-state index in [1.54, 1.807) is 18.1 Å². The molecule has 2 aromatic heterocycles. The zero-order valence-corrected chi connectivity index (χ0v) is 15.3. The normalized spacial score (nSPS) is 18.9. The molecule has 134 valence electrons. The smallest absolute Gasteiger partial charge is 0.259 e. The topological polar surface area (TPSA) is 99.9 Å². The lowest BCUT2D eigenvalue weighted by Gasteiger charge is -2.42. The van der Waals surface area contributed by atoms with E-state index in [0.717, 1.165) is 48.4 Å². The van der Waals surface area contributed by atoms with E-state index in [1.807, 2.05) is 23.4 Å². The van der Waals surface area contributed by atoms with Crippen LogP contribution in [-0.4, -0.2) is 45.2 Å². The van der Waals surface area contributed by atoms with Crippen LogP contribution in [0.3, 0.4) is 0 Å². The molecule has 9 heteroatoms. The van der Waals surface area contributed by atoms with Gasteiger partial charge in [-0.2, -0.15) is 0 Å². The van der Waals surface area contributed by atoms with E-state index in [2.05, 4.69) is 20.3 Å². The lowest BCUT2D eigenvalue weighted by molar-refractivity contribution is -0.119. The molecule has 1 amide bonds. The van der Waals surface area contributed by atoms with Crippen molar-refractivity contribution in [1.82, 2.24) is 20.3 Å². The Morgan fingerprint density at radius 2 is 2.28 bits per heavy atom. The summed E-state index contributed by atoms with van der Waals surface area (Å²) in [6.45, 7) is 1.30. The molecule has 0 spiro atoms. The molecule has 0 atom stereocenters. The van der Waals surface area contributed by atoms with Gasteiger partial charge in [-0.05, 0) is 25.3 Å². The molecule has 0 aromatic carbocycles. The Labute approximate surface area is 156 Å². The van der Waals surface area contributed by atoms with Gasteiger partial charge >= 0.3 is 0 Å². The molecule has 0 saturated heterocycles. The third-order valence-electron chi connectivity index (χ3n) is 4.77. The average Bonchev–Trinajstić information content (AvgIpc) is 3.06. The van der Waals surface area contributed by atoms with Gasteiger partial charge in [-0.15, -0.1) is 24.2 Å². The number of aromatic nitrogens is 3. The van der Waals surface area contributed by atoms with Gasteiger partial charge in [-0.1, -0.05) is 0 Å². The molecule has 1 saturated carbocycles. The van der Waals surface area contributed by atoms with E-state index in [4.69, 9.17) is 5.73 Å². The third kappa shape index (κ3) is 3.33. The highest BCUT2D eigenvalue weighted by Gasteiger charge is 2.37. The number of fused-ring (bicyclic) bond motifs is 1. The molecule has 2 aromatic rings. The second kappa shape index (κ2) is 7.23. The highest BCUT2D eigenvalue weighted by Crippen LogP contribution is 2.33. The molecule has 0 radical (unpaired) electrons. The van der Waals surface area contributed by atoms with Gasteiger partial charge < -0.3 is 20.9 Å². The summed E-state index contributed by atoms with van der Waals surface area (Å²) in [5.41, 5.74) is 6.44. The summed E-state index contributed by atoms with van der Waals surface area (Å²) in [5.74, 6) is 1.63. The van der Waals surface area contributed by atoms with Crippen molar-refractivity contribution in [3.63, 3.8) is 0 Å². The number of hydrogen-bond donors (Lipinski definition) is 3. The molecular weight excluding hydrogens is 360 g/mol. The zero-order valence-electron chi connectivity index (χ0n) is 13.7. The van der Waals surface area contributed by atoms with Gasteiger partial charge in [0.1, 0.15) is 17.8 Å². The maximum atomic E-state index is 12.6. The van der Waals surface area contributed by atoms with E-state index in [-0.39, 0.29) is 23.9 Å². The number of aromatic amines is 1. The number of nitrogens with zero attached hydrogens (tertiary/aromatic N) is 3. The number of nitrogens with one attached hydrogen (secondary N) is 2. The van der Waals surface area contributed by atoms with Crippen LogP contribution >= 0.6 is 24.2 Å². The lowest BCUT2D eigenvalue weighted by Crippen LogP contribution is -2.58. The van der Waals surface area contributed by atoms with Crippen molar-refractivity contribution in [3.8, 4) is 0 Å². The molecular formula is C16H21ClN6OS. The molecule has 7 nitrogen and oxygen atoms in total. The Bertz CT molecular complexity index is 797. The first-order chi connectivity index (χ1) is 11.7. The van der Waals surface area contributed by atoms with Crippen LogP contribution < -0.4 is 16.0 Å². The van der Waals surface area contributed by atoms with Gasteiger partial charge in [0.05, 0.1) is 15.8 Å². The molecule has 4 rings (SSSR count). The van der Waals surface area contributed by atoms with Gasteiger partial charge in [-0.3, -0.25) is 4.79 Å². The zero-order chi connectivity index (χ0) is 16.6. The van der Waals surface area contributed by atoms with Crippen molar-refractivity contribution < 1.29 is 4.79 Å². The molecule has 25 heavy (non-hydrogen) atoms. The molecule has 4 N–H and O–H groups in total. The lowest BCUT2D eigenvalue weighted by atomic mass is 9.77. The number of H-pyrrole nitrogens is 1. The number of thioether (sulfide) groups is 1. The number of amides is 1. The van der Waals surface area contributed by atoms with E-state index in [9.17, 15) is 4.79 Å². The van der Waals surface area contributed by atoms with Gasteiger partial charge in [0.15, 0.2) is 0 Å². The van der Waals surface area contributed by atoms with Gasteiger partial charge in [-0.25, -0.2) is 9.97 Å². The highest BCUT2D eigenvalue weighted by molar-refractivity contribution is 8.04. The fourth-order valence-corrected chi connectivity index (χ4v) is 4.05. The van der Waals surface area contributed by atoms with Crippen molar-refractivity contribution in [2.45, 2.75) is 24.8 Å². The predicted molar refractivity (Wildman–Crippen MR) is 103 cm³/mol. The summed E-state index contributed by atoms with van der Waals surface area (Å²) in [7, 11) is 0. The van der Waals surface area contributed by atoms with Crippen LogP contribution in [0.25, 0.3) is 11.0 Å². The Kier molecular flexibility index (Phi) is 5.21. The Morgan fingerprint density at radius 3 is 3.00 bits per heavy atom. The second-order valence-electron chi connectivity index (χ2n) is 6.26. The summed E-state index contributed by atoms with van der Waals surface area (Å²) in [6.07, 6.45) is 8.34. The van der Waals surface area contributed by atoms with E-state index < -0.39 is 0 Å². The van der Waals surface area contributed by atoms with Crippen LogP contribution in [0.15, 0.2) is 29.7 Å². The maximum Gasteiger partial charge on any atom is 0.259 e. The third-order valence-corrected chi connectivity index (χ3v) is 5.76. The molecule has 1 aliphatic heterocycles. The van der Waals surface area contributed by atoms with E-state index in [0.29, 0.717) is 11.4 Å². The fraction of sp³-hybridized carbons (Fsp3) is 0.438. The predicted octanol–water partition coefficient (Wildman–Crippen LogP) is 1.77. The van der Waals surface area contributed by atoms with Crippen LogP contribution in [-0.2, 0) is 4.79 Å². The first kappa shape index (κ1) is 18.0. The minimum absolute atomic E-state index is 0. The fourth-order valence-electron chi connectivity index (χ4n) is 3.16. The summed E-state index contributed by atoms with van der Waals surface area (Å²) < 4.78 is 0. The summed E-state index contributed by atoms with van der Waals surface area (Å²) in [4.78, 5) is 27.1. The Balaban J connectivity index is 0.00000182. The van der Waals surface area contributed by atoms with Crippen molar-refractivity contribution in [1.29, 1.82) is 0 Å².